The smallest absolute Gasteiger partial charge is 0.244 e. The molecule has 1 aliphatic heterocycles. The number of rotatable bonds is 5. The van der Waals surface area contributed by atoms with E-state index in [2.05, 4.69) is 51.1 Å². The van der Waals surface area contributed by atoms with Crippen LogP contribution in [-0.2, 0) is 6.54 Å². The maximum Gasteiger partial charge on any atom is 0.244 e. The SMILES string of the molecule is C[C@@H](c1nc(-c2cccc(CN3CCCCC3)c2)no1)N(C)C. The molecular formula is C18H26N4O. The molecule has 2 aromatic rings. The molecule has 1 aromatic carbocycles. The molecule has 2 heterocycles. The molecule has 3 rings (SSSR count). The lowest BCUT2D eigenvalue weighted by atomic mass is 10.1. The molecule has 1 aromatic heterocycles. The number of nitrogens with zero attached hydrogens (tertiary/aromatic N) is 4. The second-order valence-corrected chi connectivity index (χ2v) is 6.63. The molecule has 5 heteroatoms. The van der Waals surface area contributed by atoms with Crippen molar-refractivity contribution in [2.45, 2.75) is 38.8 Å². The van der Waals surface area contributed by atoms with Crippen molar-refractivity contribution >= 4 is 0 Å². The van der Waals surface area contributed by atoms with Crippen LogP contribution in [0.2, 0.25) is 0 Å². The third-order valence-corrected chi connectivity index (χ3v) is 4.61. The lowest BCUT2D eigenvalue weighted by Gasteiger charge is -2.26. The van der Waals surface area contributed by atoms with Gasteiger partial charge in [0.25, 0.3) is 0 Å². The van der Waals surface area contributed by atoms with Crippen molar-refractivity contribution in [3.8, 4) is 11.4 Å². The fraction of sp³-hybridized carbons (Fsp3) is 0.556. The fourth-order valence-corrected chi connectivity index (χ4v) is 2.93. The van der Waals surface area contributed by atoms with Gasteiger partial charge in [-0.2, -0.15) is 4.98 Å². The first kappa shape index (κ1) is 16.1. The Morgan fingerprint density at radius 2 is 2.00 bits per heavy atom. The predicted octanol–water partition coefficient (Wildman–Crippen LogP) is 3.35. The Labute approximate surface area is 138 Å². The normalized spacial score (nSPS) is 17.6. The molecule has 0 amide bonds. The molecule has 124 valence electrons. The highest BCUT2D eigenvalue weighted by Gasteiger charge is 2.17. The third-order valence-electron chi connectivity index (χ3n) is 4.61. The van der Waals surface area contributed by atoms with Crippen molar-refractivity contribution in [3.63, 3.8) is 0 Å². The van der Waals surface area contributed by atoms with Crippen LogP contribution in [0.15, 0.2) is 28.8 Å². The number of benzene rings is 1. The molecule has 5 nitrogen and oxygen atoms in total. The van der Waals surface area contributed by atoms with Crippen LogP contribution in [0.5, 0.6) is 0 Å². The molecule has 0 saturated carbocycles. The maximum absolute atomic E-state index is 5.42. The van der Waals surface area contributed by atoms with Crippen molar-refractivity contribution < 1.29 is 4.52 Å². The van der Waals surface area contributed by atoms with E-state index in [1.54, 1.807) is 0 Å². The van der Waals surface area contributed by atoms with Gasteiger partial charge in [-0.25, -0.2) is 0 Å². The Balaban J connectivity index is 1.74. The first-order chi connectivity index (χ1) is 11.1. The van der Waals surface area contributed by atoms with Crippen LogP contribution in [0.4, 0.5) is 0 Å². The molecule has 0 N–H and O–H groups in total. The molecule has 0 radical (unpaired) electrons. The van der Waals surface area contributed by atoms with Crippen molar-refractivity contribution in [2.24, 2.45) is 0 Å². The topological polar surface area (TPSA) is 45.4 Å². The second-order valence-electron chi connectivity index (χ2n) is 6.63. The quantitative estimate of drug-likeness (QED) is 0.847. The van der Waals surface area contributed by atoms with Crippen LogP contribution in [0.1, 0.15) is 43.7 Å². The molecule has 0 bridgehead atoms. The van der Waals surface area contributed by atoms with E-state index in [1.165, 1.54) is 37.9 Å². The standard InChI is InChI=1S/C18H26N4O/c1-14(21(2)3)18-19-17(20-23-18)16-9-7-8-15(12-16)13-22-10-5-4-6-11-22/h7-9,12,14H,4-6,10-11,13H2,1-3H3/t14-/m0/s1. The zero-order chi connectivity index (χ0) is 16.2. The summed E-state index contributed by atoms with van der Waals surface area (Å²) in [5.41, 5.74) is 2.34. The molecule has 1 saturated heterocycles. The van der Waals surface area contributed by atoms with Gasteiger partial charge in [0.05, 0.1) is 6.04 Å². The Morgan fingerprint density at radius 3 is 2.74 bits per heavy atom. The van der Waals surface area contributed by atoms with Crippen molar-refractivity contribution in [1.82, 2.24) is 19.9 Å². The lowest BCUT2D eigenvalue weighted by molar-refractivity contribution is 0.221. The summed E-state index contributed by atoms with van der Waals surface area (Å²) in [7, 11) is 4.02. The van der Waals surface area contributed by atoms with Crippen LogP contribution in [0.25, 0.3) is 11.4 Å². The van der Waals surface area contributed by atoms with E-state index >= 15 is 0 Å². The van der Waals surface area contributed by atoms with Gasteiger partial charge in [0, 0.05) is 12.1 Å². The summed E-state index contributed by atoms with van der Waals surface area (Å²) in [5.74, 6) is 1.33. The van der Waals surface area contributed by atoms with Gasteiger partial charge in [-0.3, -0.25) is 9.80 Å². The largest absolute Gasteiger partial charge is 0.337 e. The highest BCUT2D eigenvalue weighted by molar-refractivity contribution is 5.55. The minimum absolute atomic E-state index is 0.118. The molecule has 23 heavy (non-hydrogen) atoms. The van der Waals surface area contributed by atoms with Crippen LogP contribution < -0.4 is 0 Å². The lowest BCUT2D eigenvalue weighted by Crippen LogP contribution is -2.29. The van der Waals surface area contributed by atoms with E-state index < -0.39 is 0 Å². The van der Waals surface area contributed by atoms with Gasteiger partial charge >= 0.3 is 0 Å². The first-order valence-corrected chi connectivity index (χ1v) is 8.45. The summed E-state index contributed by atoms with van der Waals surface area (Å²) in [6, 6.07) is 8.62. The molecule has 0 aliphatic carbocycles. The Morgan fingerprint density at radius 1 is 1.22 bits per heavy atom. The van der Waals surface area contributed by atoms with E-state index in [4.69, 9.17) is 4.52 Å². The van der Waals surface area contributed by atoms with Crippen LogP contribution in [-0.4, -0.2) is 47.1 Å². The average Bonchev–Trinajstić information content (AvgIpc) is 3.05. The second kappa shape index (κ2) is 7.23. The Bertz CT molecular complexity index is 631. The van der Waals surface area contributed by atoms with Crippen molar-refractivity contribution in [1.29, 1.82) is 0 Å². The van der Waals surface area contributed by atoms with E-state index in [1.807, 2.05) is 14.1 Å². The average molecular weight is 314 g/mol. The zero-order valence-corrected chi connectivity index (χ0v) is 14.3. The highest BCUT2D eigenvalue weighted by Crippen LogP contribution is 2.22. The molecule has 0 unspecified atom stereocenters. The van der Waals surface area contributed by atoms with Gasteiger partial charge in [-0.1, -0.05) is 29.8 Å². The minimum Gasteiger partial charge on any atom is -0.337 e. The van der Waals surface area contributed by atoms with Crippen molar-refractivity contribution in [3.05, 3.63) is 35.7 Å². The summed E-state index contributed by atoms with van der Waals surface area (Å²) in [5, 5.41) is 4.15. The predicted molar refractivity (Wildman–Crippen MR) is 91.0 cm³/mol. The first-order valence-electron chi connectivity index (χ1n) is 8.45. The Hall–Kier alpha value is -1.72. The van der Waals surface area contributed by atoms with E-state index in [0.717, 1.165) is 12.1 Å². The monoisotopic (exact) mass is 314 g/mol. The summed E-state index contributed by atoms with van der Waals surface area (Å²) in [4.78, 5) is 9.14. The van der Waals surface area contributed by atoms with E-state index in [0.29, 0.717) is 11.7 Å². The van der Waals surface area contributed by atoms with Crippen LogP contribution in [0.3, 0.4) is 0 Å². The number of aromatic nitrogens is 2. The van der Waals surface area contributed by atoms with E-state index in [9.17, 15) is 0 Å². The van der Waals surface area contributed by atoms with Gasteiger partial charge in [0.1, 0.15) is 0 Å². The summed E-state index contributed by atoms with van der Waals surface area (Å²) in [6.45, 7) is 5.48. The summed E-state index contributed by atoms with van der Waals surface area (Å²) < 4.78 is 5.42. The van der Waals surface area contributed by atoms with E-state index in [-0.39, 0.29) is 6.04 Å². The molecule has 1 fully saturated rings. The molecule has 1 atom stereocenters. The molecule has 0 spiro atoms. The highest BCUT2D eigenvalue weighted by atomic mass is 16.5. The molecule has 1 aliphatic rings. The van der Waals surface area contributed by atoms with Gasteiger partial charge in [0.15, 0.2) is 0 Å². The van der Waals surface area contributed by atoms with Crippen LogP contribution >= 0.6 is 0 Å². The Kier molecular flexibility index (Phi) is 5.08. The number of hydrogen-bond donors (Lipinski definition) is 0. The van der Waals surface area contributed by atoms with Gasteiger partial charge < -0.3 is 4.52 Å². The van der Waals surface area contributed by atoms with Crippen molar-refractivity contribution in [2.75, 3.05) is 27.2 Å². The summed E-state index contributed by atoms with van der Waals surface area (Å²) in [6.07, 6.45) is 4.00. The number of hydrogen-bond acceptors (Lipinski definition) is 5. The third kappa shape index (κ3) is 3.98. The summed E-state index contributed by atoms with van der Waals surface area (Å²) >= 11 is 0. The minimum atomic E-state index is 0.118. The number of piperidine rings is 1. The van der Waals surface area contributed by atoms with Gasteiger partial charge in [-0.15, -0.1) is 0 Å². The zero-order valence-electron chi connectivity index (χ0n) is 14.3. The maximum atomic E-state index is 5.42. The van der Waals surface area contributed by atoms with Crippen LogP contribution in [0, 0.1) is 0 Å². The van der Waals surface area contributed by atoms with Gasteiger partial charge in [0.2, 0.25) is 11.7 Å². The molecular weight excluding hydrogens is 288 g/mol. The number of likely N-dealkylation sites (tertiary alicyclic amines) is 1. The van der Waals surface area contributed by atoms with Gasteiger partial charge in [-0.05, 0) is 58.6 Å². The fourth-order valence-electron chi connectivity index (χ4n) is 2.93.